The van der Waals surface area contributed by atoms with Gasteiger partial charge in [-0.3, -0.25) is 4.90 Å². The number of amides is 2. The van der Waals surface area contributed by atoms with E-state index in [0.717, 1.165) is 41.1 Å². The predicted molar refractivity (Wildman–Crippen MR) is 107 cm³/mol. The summed E-state index contributed by atoms with van der Waals surface area (Å²) >= 11 is 0. The number of rotatable bonds is 3. The first-order valence-corrected chi connectivity index (χ1v) is 9.84. The first-order chi connectivity index (χ1) is 16.5. The van der Waals surface area contributed by atoms with Crippen molar-refractivity contribution in [3.63, 3.8) is 0 Å². The van der Waals surface area contributed by atoms with Gasteiger partial charge in [0.25, 0.3) is 6.43 Å². The number of anilines is 2. The van der Waals surface area contributed by atoms with Crippen LogP contribution in [0.1, 0.15) is 24.6 Å². The van der Waals surface area contributed by atoms with Crippen molar-refractivity contribution in [3.8, 4) is 5.82 Å². The van der Waals surface area contributed by atoms with Crippen molar-refractivity contribution in [2.24, 2.45) is 0 Å². The van der Waals surface area contributed by atoms with Gasteiger partial charge < -0.3 is 5.32 Å². The van der Waals surface area contributed by atoms with Crippen molar-refractivity contribution >= 4 is 23.1 Å². The Hall–Kier alpha value is -4.24. The number of nitrogens with zero attached hydrogens (tertiary/aromatic N) is 8. The van der Waals surface area contributed by atoms with Gasteiger partial charge in [0.05, 0.1) is 47.4 Å². The number of aromatic nitrogens is 7. The van der Waals surface area contributed by atoms with Crippen LogP contribution in [0.15, 0.2) is 36.9 Å². The minimum atomic E-state index is -4.85. The molecule has 0 bridgehead atoms. The van der Waals surface area contributed by atoms with E-state index in [1.807, 2.05) is 0 Å². The summed E-state index contributed by atoms with van der Waals surface area (Å²) < 4.78 is 84.0. The van der Waals surface area contributed by atoms with Crippen molar-refractivity contribution in [2.75, 3.05) is 16.8 Å². The summed E-state index contributed by atoms with van der Waals surface area (Å²) in [5.74, 6) is -1.33. The number of urea groups is 1. The van der Waals surface area contributed by atoms with Gasteiger partial charge >= 0.3 is 12.2 Å². The smallest absolute Gasteiger partial charge is 0.306 e. The number of pyridine rings is 1. The number of nitrogens with one attached hydrogen (secondary N) is 1. The average Bonchev–Trinajstić information content (AvgIpc) is 3.50. The number of hydrogen-bond acceptors (Lipinski definition) is 6. The van der Waals surface area contributed by atoms with Crippen molar-refractivity contribution in [2.45, 2.75) is 24.9 Å². The number of carbonyl (C=O) groups excluding carboxylic acids is 1. The Morgan fingerprint density at radius 2 is 1.86 bits per heavy atom. The Morgan fingerprint density at radius 3 is 2.51 bits per heavy atom. The van der Waals surface area contributed by atoms with Crippen LogP contribution in [0.3, 0.4) is 0 Å². The minimum Gasteiger partial charge on any atom is -0.306 e. The van der Waals surface area contributed by atoms with E-state index in [2.05, 4.69) is 30.6 Å². The molecule has 5 heterocycles. The van der Waals surface area contributed by atoms with Gasteiger partial charge in [-0.15, -0.1) is 9.90 Å². The van der Waals surface area contributed by atoms with E-state index in [1.165, 1.54) is 12.4 Å². The van der Waals surface area contributed by atoms with E-state index in [0.29, 0.717) is 4.52 Å². The fourth-order valence-electron chi connectivity index (χ4n) is 3.88. The largest absolute Gasteiger partial charge is 0.401 e. The summed E-state index contributed by atoms with van der Waals surface area (Å²) in [6.45, 7) is -0.0369. The molecule has 0 fully saturated rings. The molecule has 0 unspecified atom stereocenters. The molecule has 0 spiro atoms. The van der Waals surface area contributed by atoms with E-state index in [1.54, 1.807) is 0 Å². The molecule has 16 heteroatoms. The SMILES string of the molecule is C[C@@]1(C(F)(F)F)CN(C(=O)Nc2cnc(-n3nccn3)c(C(F)F)c2)c2cnc3cc(F)nn3c21. The molecule has 0 saturated heterocycles. The molecule has 0 saturated carbocycles. The standard InChI is InChI=1S/C19H13F6N9O/c1-18(19(23,24)25)8-32(11-7-26-13-5-12(20)31-33(13)14(11)18)17(35)30-9-4-10(15(21)22)16(27-6-9)34-28-2-3-29-34/h2-7,15H,8H2,1H3,(H,30,35)/t18-/m1/s1. The monoisotopic (exact) mass is 497 g/mol. The summed E-state index contributed by atoms with van der Waals surface area (Å²) in [4.78, 5) is 22.3. The lowest BCUT2D eigenvalue weighted by Crippen LogP contribution is -2.46. The van der Waals surface area contributed by atoms with E-state index in [-0.39, 0.29) is 22.8 Å². The van der Waals surface area contributed by atoms with E-state index < -0.39 is 47.8 Å². The predicted octanol–water partition coefficient (Wildman–Crippen LogP) is 3.65. The van der Waals surface area contributed by atoms with E-state index in [4.69, 9.17) is 0 Å². The van der Waals surface area contributed by atoms with Crippen LogP contribution < -0.4 is 10.2 Å². The maximum absolute atomic E-state index is 14.1. The van der Waals surface area contributed by atoms with E-state index >= 15 is 0 Å². The van der Waals surface area contributed by atoms with Crippen molar-refractivity contribution in [1.82, 2.24) is 34.6 Å². The van der Waals surface area contributed by atoms with Gasteiger partial charge in [-0.25, -0.2) is 28.1 Å². The molecular formula is C19H13F6N9O. The van der Waals surface area contributed by atoms with Crippen molar-refractivity contribution in [1.29, 1.82) is 0 Å². The lowest BCUT2D eigenvalue weighted by molar-refractivity contribution is -0.181. The lowest BCUT2D eigenvalue weighted by Gasteiger charge is -2.28. The molecule has 1 N–H and O–H groups in total. The Labute approximate surface area is 191 Å². The molecule has 182 valence electrons. The quantitative estimate of drug-likeness (QED) is 0.433. The molecular weight excluding hydrogens is 484 g/mol. The maximum Gasteiger partial charge on any atom is 0.401 e. The zero-order valence-electron chi connectivity index (χ0n) is 17.5. The Bertz CT molecular complexity index is 1430. The fourth-order valence-corrected chi connectivity index (χ4v) is 3.88. The normalized spacial score (nSPS) is 17.9. The first-order valence-electron chi connectivity index (χ1n) is 9.84. The summed E-state index contributed by atoms with van der Waals surface area (Å²) in [6, 6.07) is 0.700. The molecule has 1 atom stereocenters. The average molecular weight is 497 g/mol. The molecule has 4 aromatic rings. The molecule has 0 aromatic carbocycles. The highest BCUT2D eigenvalue weighted by atomic mass is 19.4. The third kappa shape index (κ3) is 3.52. The molecule has 5 rings (SSSR count). The summed E-state index contributed by atoms with van der Waals surface area (Å²) in [7, 11) is 0. The van der Waals surface area contributed by atoms with Crippen LogP contribution in [-0.2, 0) is 5.41 Å². The zero-order chi connectivity index (χ0) is 25.1. The van der Waals surface area contributed by atoms with Crippen LogP contribution in [-0.4, -0.2) is 53.3 Å². The molecule has 2 amide bonds. The second-order valence-corrected chi connectivity index (χ2v) is 7.83. The van der Waals surface area contributed by atoms with E-state index in [9.17, 15) is 31.1 Å². The van der Waals surface area contributed by atoms with Crippen LogP contribution in [0.4, 0.5) is 42.5 Å². The number of hydrogen-bond donors (Lipinski definition) is 1. The maximum atomic E-state index is 14.1. The second-order valence-electron chi connectivity index (χ2n) is 7.83. The summed E-state index contributed by atoms with van der Waals surface area (Å²) in [6.07, 6.45) is -3.33. The highest BCUT2D eigenvalue weighted by molar-refractivity contribution is 6.03. The fraction of sp³-hybridized carbons (Fsp3) is 0.263. The second kappa shape index (κ2) is 7.64. The van der Waals surface area contributed by atoms with Crippen LogP contribution >= 0.6 is 0 Å². The molecule has 10 nitrogen and oxygen atoms in total. The third-order valence-corrected chi connectivity index (χ3v) is 5.58. The number of alkyl halides is 5. The molecule has 1 aliphatic heterocycles. The molecule has 0 radical (unpaired) electrons. The highest BCUT2D eigenvalue weighted by Gasteiger charge is 2.60. The van der Waals surface area contributed by atoms with Gasteiger partial charge in [0.15, 0.2) is 11.5 Å². The first kappa shape index (κ1) is 22.5. The number of fused-ring (bicyclic) bond motifs is 3. The van der Waals surface area contributed by atoms with Crippen molar-refractivity contribution in [3.05, 3.63) is 54.1 Å². The van der Waals surface area contributed by atoms with Gasteiger partial charge in [0, 0.05) is 12.6 Å². The van der Waals surface area contributed by atoms with Gasteiger partial charge in [-0.05, 0) is 13.0 Å². The number of halogens is 6. The van der Waals surface area contributed by atoms with Crippen LogP contribution in [0, 0.1) is 5.95 Å². The zero-order valence-corrected chi connectivity index (χ0v) is 17.5. The lowest BCUT2D eigenvalue weighted by atomic mass is 9.88. The van der Waals surface area contributed by atoms with Gasteiger partial charge in [-0.1, -0.05) is 0 Å². The molecule has 35 heavy (non-hydrogen) atoms. The third-order valence-electron chi connectivity index (χ3n) is 5.58. The summed E-state index contributed by atoms with van der Waals surface area (Å²) in [5, 5.41) is 13.2. The van der Waals surface area contributed by atoms with Gasteiger partial charge in [0.1, 0.15) is 5.41 Å². The Morgan fingerprint density at radius 1 is 1.14 bits per heavy atom. The molecule has 4 aromatic heterocycles. The van der Waals surface area contributed by atoms with Crippen LogP contribution in [0.5, 0.6) is 0 Å². The highest BCUT2D eigenvalue weighted by Crippen LogP contribution is 2.49. The van der Waals surface area contributed by atoms with Gasteiger partial charge in [-0.2, -0.15) is 27.8 Å². The van der Waals surface area contributed by atoms with Crippen LogP contribution in [0.25, 0.3) is 11.5 Å². The van der Waals surface area contributed by atoms with Crippen LogP contribution in [0.2, 0.25) is 0 Å². The molecule has 0 aliphatic carbocycles. The Balaban J connectivity index is 1.53. The topological polar surface area (TPSA) is 106 Å². The van der Waals surface area contributed by atoms with Gasteiger partial charge in [0.2, 0.25) is 5.95 Å². The van der Waals surface area contributed by atoms with Crippen molar-refractivity contribution < 1.29 is 31.1 Å². The Kier molecular flexibility index (Phi) is 4.92. The number of carbonyl (C=O) groups is 1. The summed E-state index contributed by atoms with van der Waals surface area (Å²) in [5.41, 5.74) is -4.37. The molecule has 1 aliphatic rings. The minimum absolute atomic E-state index is 0.174.